The Labute approximate surface area is 173 Å². The van der Waals surface area contributed by atoms with Gasteiger partial charge in [0.2, 0.25) is 10.0 Å². The molecule has 0 fully saturated rings. The number of amides is 1. The number of hydrogen-bond acceptors (Lipinski definition) is 5. The van der Waals surface area contributed by atoms with E-state index in [-0.39, 0.29) is 22.1 Å². The number of carbonyl (C=O) groups excluding carboxylic acids is 1. The fourth-order valence-electron chi connectivity index (χ4n) is 2.34. The second-order valence-corrected chi connectivity index (χ2v) is 8.01. The van der Waals surface area contributed by atoms with Gasteiger partial charge in [0.25, 0.3) is 5.91 Å². The SMILES string of the molecule is O=C(NNC(=S)Nc1ccccc1)c1cccc(S(=O)(=O)NCc2ccco2)c1. The Kier molecular flexibility index (Phi) is 6.60. The van der Waals surface area contributed by atoms with Crippen molar-refractivity contribution in [3.8, 4) is 0 Å². The molecule has 0 saturated carbocycles. The van der Waals surface area contributed by atoms with Crippen LogP contribution in [0, 0.1) is 0 Å². The summed E-state index contributed by atoms with van der Waals surface area (Å²) in [4.78, 5) is 12.3. The van der Waals surface area contributed by atoms with E-state index in [9.17, 15) is 13.2 Å². The van der Waals surface area contributed by atoms with Gasteiger partial charge in [-0.1, -0.05) is 24.3 Å². The second-order valence-electron chi connectivity index (χ2n) is 5.83. The largest absolute Gasteiger partial charge is 0.468 e. The second kappa shape index (κ2) is 9.32. The van der Waals surface area contributed by atoms with Crippen LogP contribution in [0.1, 0.15) is 16.1 Å². The molecule has 0 saturated heterocycles. The lowest BCUT2D eigenvalue weighted by atomic mass is 10.2. The maximum Gasteiger partial charge on any atom is 0.269 e. The Morgan fingerprint density at radius 1 is 0.966 bits per heavy atom. The monoisotopic (exact) mass is 430 g/mol. The van der Waals surface area contributed by atoms with Crippen LogP contribution in [-0.2, 0) is 16.6 Å². The van der Waals surface area contributed by atoms with Crippen LogP contribution < -0.4 is 20.9 Å². The van der Waals surface area contributed by atoms with E-state index in [1.165, 1.54) is 30.5 Å². The number of anilines is 1. The van der Waals surface area contributed by atoms with Crippen LogP contribution in [0.5, 0.6) is 0 Å². The summed E-state index contributed by atoms with van der Waals surface area (Å²) in [6, 6.07) is 18.2. The van der Waals surface area contributed by atoms with Crippen molar-refractivity contribution in [2.24, 2.45) is 0 Å². The molecule has 0 unspecified atom stereocenters. The lowest BCUT2D eigenvalue weighted by Crippen LogP contribution is -2.43. The van der Waals surface area contributed by atoms with Gasteiger partial charge in [-0.3, -0.25) is 15.6 Å². The van der Waals surface area contributed by atoms with Crippen molar-refractivity contribution in [2.75, 3.05) is 5.32 Å². The highest BCUT2D eigenvalue weighted by molar-refractivity contribution is 7.89. The van der Waals surface area contributed by atoms with Crippen LogP contribution in [0.2, 0.25) is 0 Å². The zero-order valence-corrected chi connectivity index (χ0v) is 16.7. The van der Waals surface area contributed by atoms with E-state index >= 15 is 0 Å². The molecule has 0 radical (unpaired) electrons. The maximum absolute atomic E-state index is 12.4. The molecule has 29 heavy (non-hydrogen) atoms. The molecule has 10 heteroatoms. The van der Waals surface area contributed by atoms with Gasteiger partial charge in [0.15, 0.2) is 5.11 Å². The molecule has 3 aromatic rings. The van der Waals surface area contributed by atoms with E-state index in [1.807, 2.05) is 30.3 Å². The highest BCUT2D eigenvalue weighted by Crippen LogP contribution is 2.12. The Morgan fingerprint density at radius 3 is 2.48 bits per heavy atom. The van der Waals surface area contributed by atoms with Crippen LogP contribution in [0.3, 0.4) is 0 Å². The molecule has 0 aliphatic rings. The molecule has 3 rings (SSSR count). The van der Waals surface area contributed by atoms with Gasteiger partial charge in [-0.2, -0.15) is 0 Å². The summed E-state index contributed by atoms with van der Waals surface area (Å²) in [6.45, 7) is 0.00669. The lowest BCUT2D eigenvalue weighted by molar-refractivity contribution is 0.0944. The molecule has 0 spiro atoms. The fraction of sp³-hybridized carbons (Fsp3) is 0.0526. The molecule has 1 heterocycles. The van der Waals surface area contributed by atoms with Crippen LogP contribution in [0.4, 0.5) is 5.69 Å². The third-order valence-corrected chi connectivity index (χ3v) is 5.35. The number of thiocarbonyl (C=S) groups is 1. The smallest absolute Gasteiger partial charge is 0.269 e. The molecule has 8 nitrogen and oxygen atoms in total. The number of benzene rings is 2. The number of hydrazine groups is 1. The van der Waals surface area contributed by atoms with Gasteiger partial charge in [-0.15, -0.1) is 0 Å². The predicted octanol–water partition coefficient (Wildman–Crippen LogP) is 2.39. The van der Waals surface area contributed by atoms with Crippen LogP contribution in [-0.4, -0.2) is 19.4 Å². The van der Waals surface area contributed by atoms with E-state index < -0.39 is 15.9 Å². The quantitative estimate of drug-likeness (QED) is 0.351. The van der Waals surface area contributed by atoms with Gasteiger partial charge in [0.05, 0.1) is 17.7 Å². The zero-order valence-electron chi connectivity index (χ0n) is 15.1. The highest BCUT2D eigenvalue weighted by atomic mass is 32.2. The average Bonchev–Trinajstić information content (AvgIpc) is 3.25. The summed E-state index contributed by atoms with van der Waals surface area (Å²) >= 11 is 5.11. The maximum atomic E-state index is 12.4. The van der Waals surface area contributed by atoms with Crippen molar-refractivity contribution in [1.29, 1.82) is 0 Å². The molecule has 0 bridgehead atoms. The number of para-hydroxylation sites is 1. The number of sulfonamides is 1. The Hall–Kier alpha value is -3.21. The predicted molar refractivity (Wildman–Crippen MR) is 112 cm³/mol. The summed E-state index contributed by atoms with van der Waals surface area (Å²) in [6.07, 6.45) is 1.46. The van der Waals surface area contributed by atoms with Crippen molar-refractivity contribution >= 4 is 38.9 Å². The molecule has 0 atom stereocenters. The third-order valence-electron chi connectivity index (χ3n) is 3.74. The van der Waals surface area contributed by atoms with Gasteiger partial charge in [0, 0.05) is 11.3 Å². The standard InChI is InChI=1S/C19H18N4O4S2/c24-18(22-23-19(28)21-15-7-2-1-3-8-15)14-6-4-10-17(12-14)29(25,26)20-13-16-9-5-11-27-16/h1-12,20H,13H2,(H,22,24)(H2,21,23,28). The summed E-state index contributed by atoms with van der Waals surface area (Å²) in [7, 11) is -3.81. The van der Waals surface area contributed by atoms with E-state index in [1.54, 1.807) is 12.1 Å². The molecule has 4 N–H and O–H groups in total. The van der Waals surface area contributed by atoms with Gasteiger partial charge in [0.1, 0.15) is 5.76 Å². The zero-order chi connectivity index (χ0) is 20.7. The van der Waals surface area contributed by atoms with Gasteiger partial charge >= 0.3 is 0 Å². The van der Waals surface area contributed by atoms with E-state index in [4.69, 9.17) is 16.6 Å². The minimum absolute atomic E-state index is 0.00669. The number of hydrogen-bond donors (Lipinski definition) is 4. The van der Waals surface area contributed by atoms with Crippen LogP contribution >= 0.6 is 12.2 Å². The van der Waals surface area contributed by atoms with E-state index in [0.29, 0.717) is 5.76 Å². The van der Waals surface area contributed by atoms with Crippen LogP contribution in [0.25, 0.3) is 0 Å². The van der Waals surface area contributed by atoms with Gasteiger partial charge in [-0.05, 0) is 54.7 Å². The van der Waals surface area contributed by atoms with Crippen molar-refractivity contribution in [2.45, 2.75) is 11.4 Å². The number of carbonyl (C=O) groups is 1. The van der Waals surface area contributed by atoms with E-state index in [0.717, 1.165) is 5.69 Å². The number of furan rings is 1. The minimum atomic E-state index is -3.81. The first kappa shape index (κ1) is 20.5. The molecule has 2 aromatic carbocycles. The summed E-state index contributed by atoms with van der Waals surface area (Å²) in [5.41, 5.74) is 5.92. The van der Waals surface area contributed by atoms with Crippen molar-refractivity contribution in [3.05, 3.63) is 84.3 Å². The third kappa shape index (κ3) is 5.88. The minimum Gasteiger partial charge on any atom is -0.468 e. The van der Waals surface area contributed by atoms with Crippen LogP contribution in [0.15, 0.2) is 82.3 Å². The summed E-state index contributed by atoms with van der Waals surface area (Å²) < 4.78 is 32.4. The molecule has 1 aromatic heterocycles. The van der Waals surface area contributed by atoms with Crippen molar-refractivity contribution < 1.29 is 17.6 Å². The molecule has 150 valence electrons. The molecule has 0 aliphatic carbocycles. The molecular formula is C19H18N4O4S2. The molecular weight excluding hydrogens is 412 g/mol. The van der Waals surface area contributed by atoms with Gasteiger partial charge < -0.3 is 9.73 Å². The summed E-state index contributed by atoms with van der Waals surface area (Å²) in [5.74, 6) is -0.0589. The topological polar surface area (TPSA) is 112 Å². The Balaban J connectivity index is 1.59. The normalized spacial score (nSPS) is 10.9. The first-order valence-corrected chi connectivity index (χ1v) is 10.4. The number of nitrogens with one attached hydrogen (secondary N) is 4. The molecule has 1 amide bonds. The van der Waals surface area contributed by atoms with Crippen molar-refractivity contribution in [3.63, 3.8) is 0 Å². The van der Waals surface area contributed by atoms with E-state index in [2.05, 4.69) is 20.9 Å². The fourth-order valence-corrected chi connectivity index (χ4v) is 3.54. The first-order chi connectivity index (χ1) is 13.9. The van der Waals surface area contributed by atoms with Crippen molar-refractivity contribution in [1.82, 2.24) is 15.6 Å². The highest BCUT2D eigenvalue weighted by Gasteiger charge is 2.16. The number of rotatable bonds is 6. The Bertz CT molecular complexity index is 1080. The average molecular weight is 431 g/mol. The molecule has 0 aliphatic heterocycles. The Morgan fingerprint density at radius 2 is 1.76 bits per heavy atom. The van der Waals surface area contributed by atoms with Gasteiger partial charge in [-0.25, -0.2) is 13.1 Å². The lowest BCUT2D eigenvalue weighted by Gasteiger charge is -2.12. The first-order valence-electron chi connectivity index (χ1n) is 8.48. The summed E-state index contributed by atoms with van der Waals surface area (Å²) in [5, 5.41) is 3.09.